The van der Waals surface area contributed by atoms with Gasteiger partial charge in [0.15, 0.2) is 0 Å². The molecule has 0 saturated heterocycles. The molecule has 2 rings (SSSR count). The quantitative estimate of drug-likeness (QED) is 0.748. The van der Waals surface area contributed by atoms with Crippen molar-refractivity contribution < 1.29 is 4.42 Å². The predicted molar refractivity (Wildman–Crippen MR) is 50.7 cm³/mol. The van der Waals surface area contributed by atoms with Gasteiger partial charge in [0.05, 0.1) is 12.8 Å². The van der Waals surface area contributed by atoms with Crippen LogP contribution in [-0.4, -0.2) is 9.55 Å². The van der Waals surface area contributed by atoms with E-state index in [4.69, 9.17) is 10.2 Å². The van der Waals surface area contributed by atoms with Gasteiger partial charge < -0.3 is 10.2 Å². The maximum atomic E-state index is 11.3. The first-order chi connectivity index (χ1) is 6.75. The molecule has 72 valence electrons. The van der Waals surface area contributed by atoms with Crippen LogP contribution in [0.4, 0.5) is 5.82 Å². The van der Waals surface area contributed by atoms with Gasteiger partial charge in [0.1, 0.15) is 11.6 Å². The molecular weight excluding hydrogens is 182 g/mol. The number of furan rings is 1. The van der Waals surface area contributed by atoms with E-state index >= 15 is 0 Å². The summed E-state index contributed by atoms with van der Waals surface area (Å²) in [5.74, 6) is 0.935. The Morgan fingerprint density at radius 3 is 3.00 bits per heavy atom. The Hall–Kier alpha value is -2.04. The molecule has 2 N–H and O–H groups in total. The Morgan fingerprint density at radius 2 is 2.36 bits per heavy atom. The van der Waals surface area contributed by atoms with Gasteiger partial charge >= 0.3 is 5.69 Å². The molecule has 5 nitrogen and oxygen atoms in total. The van der Waals surface area contributed by atoms with Crippen LogP contribution in [0.5, 0.6) is 0 Å². The van der Waals surface area contributed by atoms with Crippen LogP contribution < -0.4 is 11.4 Å². The fourth-order valence-corrected chi connectivity index (χ4v) is 1.13. The van der Waals surface area contributed by atoms with Crippen molar-refractivity contribution in [3.05, 3.63) is 46.9 Å². The number of nitrogens with two attached hydrogens (primary N) is 1. The van der Waals surface area contributed by atoms with E-state index in [-0.39, 0.29) is 11.5 Å². The van der Waals surface area contributed by atoms with Gasteiger partial charge in [0.2, 0.25) is 0 Å². The molecule has 0 aromatic carbocycles. The molecule has 0 aliphatic rings. The van der Waals surface area contributed by atoms with Gasteiger partial charge in [-0.3, -0.25) is 4.57 Å². The molecule has 0 saturated carbocycles. The molecule has 2 heterocycles. The minimum absolute atomic E-state index is 0.227. The maximum Gasteiger partial charge on any atom is 0.349 e. The molecule has 0 radical (unpaired) electrons. The molecule has 0 bridgehead atoms. The fourth-order valence-electron chi connectivity index (χ4n) is 1.13. The number of rotatable bonds is 2. The fraction of sp³-hybridized carbons (Fsp3) is 0.111. The zero-order valence-electron chi connectivity index (χ0n) is 7.38. The van der Waals surface area contributed by atoms with Crippen molar-refractivity contribution in [2.24, 2.45) is 0 Å². The lowest BCUT2D eigenvalue weighted by atomic mass is 10.4. The van der Waals surface area contributed by atoms with E-state index in [0.717, 1.165) is 0 Å². The van der Waals surface area contributed by atoms with Crippen LogP contribution in [0.3, 0.4) is 0 Å². The van der Waals surface area contributed by atoms with E-state index in [1.807, 2.05) is 0 Å². The highest BCUT2D eigenvalue weighted by molar-refractivity contribution is 5.23. The topological polar surface area (TPSA) is 74.1 Å². The third-order valence-electron chi connectivity index (χ3n) is 1.80. The number of hydrogen-bond donors (Lipinski definition) is 1. The molecule has 0 amide bonds. The Balaban J connectivity index is 2.30. The Bertz CT molecular complexity index is 473. The summed E-state index contributed by atoms with van der Waals surface area (Å²) in [6, 6.07) is 5.14. The molecule has 5 heteroatoms. The second-order valence-electron chi connectivity index (χ2n) is 2.84. The smallest absolute Gasteiger partial charge is 0.349 e. The standard InChI is InChI=1S/C9H9N3O2/c10-8-3-4-12(9(13)11-8)6-7-2-1-5-14-7/h1-5H,6H2,(H2,10,11,13). The number of nitrogen functional groups attached to an aromatic ring is 1. The minimum atomic E-state index is -0.374. The van der Waals surface area contributed by atoms with Crippen LogP contribution in [0, 0.1) is 0 Å². The maximum absolute atomic E-state index is 11.3. The lowest BCUT2D eigenvalue weighted by molar-refractivity contribution is 0.487. The largest absolute Gasteiger partial charge is 0.467 e. The van der Waals surface area contributed by atoms with E-state index in [0.29, 0.717) is 12.3 Å². The van der Waals surface area contributed by atoms with Crippen molar-refractivity contribution in [2.45, 2.75) is 6.54 Å². The second kappa shape index (κ2) is 3.37. The van der Waals surface area contributed by atoms with Crippen LogP contribution in [-0.2, 0) is 6.54 Å². The Kier molecular flexibility index (Phi) is 2.06. The van der Waals surface area contributed by atoms with E-state index in [2.05, 4.69) is 4.98 Å². The molecule has 0 spiro atoms. The van der Waals surface area contributed by atoms with Crippen LogP contribution >= 0.6 is 0 Å². The summed E-state index contributed by atoms with van der Waals surface area (Å²) in [5.41, 5.74) is 4.98. The molecule has 0 aliphatic heterocycles. The van der Waals surface area contributed by atoms with Crippen LogP contribution in [0.1, 0.15) is 5.76 Å². The van der Waals surface area contributed by atoms with E-state index < -0.39 is 0 Å². The van der Waals surface area contributed by atoms with Gasteiger partial charge in [-0.15, -0.1) is 0 Å². The van der Waals surface area contributed by atoms with Gasteiger partial charge in [-0.2, -0.15) is 4.98 Å². The van der Waals surface area contributed by atoms with E-state index in [9.17, 15) is 4.79 Å². The summed E-state index contributed by atoms with van der Waals surface area (Å²) in [5, 5.41) is 0. The molecular formula is C9H9N3O2. The third kappa shape index (κ3) is 1.66. The summed E-state index contributed by atoms with van der Waals surface area (Å²) >= 11 is 0. The van der Waals surface area contributed by atoms with Gasteiger partial charge in [0.25, 0.3) is 0 Å². The van der Waals surface area contributed by atoms with Crippen molar-refractivity contribution in [1.29, 1.82) is 0 Å². The molecule has 0 aliphatic carbocycles. The minimum Gasteiger partial charge on any atom is -0.467 e. The van der Waals surface area contributed by atoms with Crippen LogP contribution in [0.25, 0.3) is 0 Å². The molecule has 0 atom stereocenters. The number of hydrogen-bond acceptors (Lipinski definition) is 4. The lowest BCUT2D eigenvalue weighted by Gasteiger charge is -2.01. The van der Waals surface area contributed by atoms with Crippen molar-refractivity contribution in [3.63, 3.8) is 0 Å². The second-order valence-corrected chi connectivity index (χ2v) is 2.84. The van der Waals surface area contributed by atoms with Crippen molar-refractivity contribution in [1.82, 2.24) is 9.55 Å². The molecule has 2 aromatic heterocycles. The van der Waals surface area contributed by atoms with Gasteiger partial charge in [0, 0.05) is 6.20 Å². The average Bonchev–Trinajstić information content (AvgIpc) is 2.62. The first-order valence-corrected chi connectivity index (χ1v) is 4.11. The van der Waals surface area contributed by atoms with E-state index in [1.54, 1.807) is 30.7 Å². The van der Waals surface area contributed by atoms with Crippen LogP contribution in [0.15, 0.2) is 39.9 Å². The van der Waals surface area contributed by atoms with Gasteiger partial charge in [-0.05, 0) is 18.2 Å². The summed E-state index contributed by atoms with van der Waals surface area (Å²) in [6.07, 6.45) is 3.15. The highest BCUT2D eigenvalue weighted by atomic mass is 16.3. The lowest BCUT2D eigenvalue weighted by Crippen LogP contribution is -2.23. The Morgan fingerprint density at radius 1 is 1.50 bits per heavy atom. The van der Waals surface area contributed by atoms with Gasteiger partial charge in [-0.25, -0.2) is 4.79 Å². The summed E-state index contributed by atoms with van der Waals surface area (Å²) in [4.78, 5) is 14.9. The normalized spacial score (nSPS) is 10.3. The number of nitrogens with zero attached hydrogens (tertiary/aromatic N) is 2. The van der Waals surface area contributed by atoms with Crippen molar-refractivity contribution in [3.8, 4) is 0 Å². The summed E-state index contributed by atoms with van der Waals surface area (Å²) < 4.78 is 6.53. The average molecular weight is 191 g/mol. The molecule has 0 unspecified atom stereocenters. The molecule has 2 aromatic rings. The highest BCUT2D eigenvalue weighted by Crippen LogP contribution is 2.01. The highest BCUT2D eigenvalue weighted by Gasteiger charge is 2.00. The van der Waals surface area contributed by atoms with Crippen molar-refractivity contribution in [2.75, 3.05) is 5.73 Å². The molecule has 0 fully saturated rings. The van der Waals surface area contributed by atoms with Gasteiger partial charge in [-0.1, -0.05) is 0 Å². The first kappa shape index (κ1) is 8.55. The number of anilines is 1. The Labute approximate surface area is 79.8 Å². The zero-order valence-corrected chi connectivity index (χ0v) is 7.38. The third-order valence-corrected chi connectivity index (χ3v) is 1.80. The van der Waals surface area contributed by atoms with E-state index in [1.165, 1.54) is 4.57 Å². The van der Waals surface area contributed by atoms with Crippen molar-refractivity contribution >= 4 is 5.82 Å². The number of aromatic nitrogens is 2. The SMILES string of the molecule is Nc1ccn(Cc2ccco2)c(=O)n1. The zero-order chi connectivity index (χ0) is 9.97. The summed E-state index contributed by atoms with van der Waals surface area (Å²) in [7, 11) is 0. The van der Waals surface area contributed by atoms with Crippen LogP contribution in [0.2, 0.25) is 0 Å². The summed E-state index contributed by atoms with van der Waals surface area (Å²) in [6.45, 7) is 0.374. The predicted octanol–water partition coefficient (Wildman–Crippen LogP) is 0.467. The first-order valence-electron chi connectivity index (χ1n) is 4.11. The monoisotopic (exact) mass is 191 g/mol. The molecule has 14 heavy (non-hydrogen) atoms.